The second-order valence-corrected chi connectivity index (χ2v) is 14.1. The van der Waals surface area contributed by atoms with Gasteiger partial charge in [-0.25, -0.2) is 0 Å². The van der Waals surface area contributed by atoms with Crippen molar-refractivity contribution < 1.29 is 40.4 Å². The van der Waals surface area contributed by atoms with E-state index in [1.165, 1.54) is 10.3 Å². The number of hydrogen-bond donors (Lipinski definition) is 0. The third-order valence-corrected chi connectivity index (χ3v) is 4.16. The number of halogens is 3. The van der Waals surface area contributed by atoms with Crippen molar-refractivity contribution in [3.8, 4) is 0 Å². The average Bonchev–Trinajstić information content (AvgIpc) is 2.33. The van der Waals surface area contributed by atoms with Gasteiger partial charge in [0.2, 0.25) is 0 Å². The normalized spacial score (nSPS) is 12.1. The first-order valence-electron chi connectivity index (χ1n) is 4.72. The Morgan fingerprint density at radius 1 is 1.44 bits per heavy atom. The monoisotopic (exact) mass is 334 g/mol. The van der Waals surface area contributed by atoms with E-state index in [9.17, 15) is 0 Å². The van der Waals surface area contributed by atoms with Gasteiger partial charge in [0.25, 0.3) is 0 Å². The number of allylic oxidation sites excluding steroid dienone is 4. The van der Waals surface area contributed by atoms with Crippen LogP contribution >= 0.6 is 9.30 Å². The van der Waals surface area contributed by atoms with Crippen LogP contribution in [0.15, 0.2) is 23.8 Å². The van der Waals surface area contributed by atoms with Crippen LogP contribution in [0.4, 0.5) is 0 Å². The third kappa shape index (κ3) is 20.6. The molecule has 16 heavy (non-hydrogen) atoms. The van der Waals surface area contributed by atoms with Gasteiger partial charge < -0.3 is 30.5 Å². The van der Waals surface area contributed by atoms with E-state index >= 15 is 0 Å². The minimum absolute atomic E-state index is 0. The van der Waals surface area contributed by atoms with Crippen LogP contribution in [0.2, 0.25) is 4.73 Å². The van der Waals surface area contributed by atoms with Gasteiger partial charge in [0.05, 0.1) is 0 Å². The molecule has 1 aliphatic rings. The molecule has 0 aromatic heterocycles. The zero-order valence-corrected chi connectivity index (χ0v) is 15.2. The average molecular weight is 336 g/mol. The molecule has 0 atom stereocenters. The summed E-state index contributed by atoms with van der Waals surface area (Å²) in [5.74, 6) is 0. The molecule has 93 valence electrons. The second-order valence-electron chi connectivity index (χ2n) is 4.40. The van der Waals surface area contributed by atoms with Crippen molar-refractivity contribution in [1.82, 2.24) is 0 Å². The first-order chi connectivity index (χ1) is 6.29. The Balaban J connectivity index is -0.000000214. The molecule has 0 aromatic rings. The Labute approximate surface area is 123 Å². The maximum atomic E-state index is 6.94. The van der Waals surface area contributed by atoms with Crippen LogP contribution in [-0.2, 0) is 15.5 Å². The molecule has 1 rings (SSSR count). The fraction of sp³-hybridized carbons (Fsp3) is 0.600. The van der Waals surface area contributed by atoms with Gasteiger partial charge in [0.15, 0.2) is 0 Å². The van der Waals surface area contributed by atoms with Crippen molar-refractivity contribution in [1.29, 1.82) is 0 Å². The van der Waals surface area contributed by atoms with Crippen molar-refractivity contribution in [3.63, 3.8) is 0 Å². The zero-order chi connectivity index (χ0) is 11.2. The van der Waals surface area contributed by atoms with E-state index in [0.717, 1.165) is 6.42 Å². The summed E-state index contributed by atoms with van der Waals surface area (Å²) in [6, 6.07) is 0. The number of nitrogens with one attached hydrogen (secondary N) is 1. The van der Waals surface area contributed by atoms with Gasteiger partial charge in [-0.2, -0.15) is 0 Å². The molecule has 0 saturated carbocycles. The van der Waals surface area contributed by atoms with E-state index in [4.69, 9.17) is 15.0 Å². The molecule has 1 nitrogen and oxygen atoms in total. The fourth-order valence-electron chi connectivity index (χ4n) is 0.869. The standard InChI is InChI=1S/C6H7.C4H10N.3ClH.H2Si.Ti/c1-6-4-2-3-5-6;1-4(2,3)5;;;;;/h2-4H,1,5H2;5H,1-3H3;3*1H;1H2;/q;-1;;;;;+4/p-3. The second kappa shape index (κ2) is 11.3. The molecule has 0 aromatic carbocycles. The Morgan fingerprint density at radius 3 is 2.12 bits per heavy atom. The van der Waals surface area contributed by atoms with Crippen molar-refractivity contribution in [2.24, 2.45) is 0 Å². The molecule has 0 radical (unpaired) electrons. The summed E-state index contributed by atoms with van der Waals surface area (Å²) in [6.45, 7) is 5.56. The molecule has 1 aliphatic carbocycles. The van der Waals surface area contributed by atoms with Gasteiger partial charge in [-0.3, -0.25) is 0 Å². The van der Waals surface area contributed by atoms with Gasteiger partial charge in [-0.1, -0.05) is 20.8 Å². The first-order valence-corrected chi connectivity index (χ1v) is 12.0. The van der Waals surface area contributed by atoms with E-state index in [1.54, 1.807) is 0 Å². The molecule has 0 unspecified atom stereocenters. The summed E-state index contributed by atoms with van der Waals surface area (Å²) in [4.78, 5) is 0. The molecule has 0 saturated heterocycles. The van der Waals surface area contributed by atoms with Crippen LogP contribution in [0.25, 0.3) is 5.73 Å². The summed E-state index contributed by atoms with van der Waals surface area (Å²) >= 11 is -1.06. The van der Waals surface area contributed by atoms with Crippen molar-refractivity contribution in [3.05, 3.63) is 29.5 Å². The fourth-order valence-corrected chi connectivity index (χ4v) is 4.08. The van der Waals surface area contributed by atoms with Gasteiger partial charge in [0, 0.05) is 0 Å². The molecule has 0 heterocycles. The Kier molecular flexibility index (Phi) is 15.9. The third-order valence-electron chi connectivity index (χ3n) is 1.27. The van der Waals surface area contributed by atoms with Gasteiger partial charge in [0.1, 0.15) is 0 Å². The van der Waals surface area contributed by atoms with Crippen molar-refractivity contribution in [2.75, 3.05) is 0 Å². The van der Waals surface area contributed by atoms with E-state index < -0.39 is 15.5 Å². The summed E-state index contributed by atoms with van der Waals surface area (Å²) in [7, 11) is 7.98. The van der Waals surface area contributed by atoms with Crippen LogP contribution in [0.1, 0.15) is 27.2 Å². The minimum atomic E-state index is -1.06. The zero-order valence-electron chi connectivity index (χ0n) is 9.99. The molecule has 0 amide bonds. The number of rotatable bonds is 2. The molecular formula is C10H19Cl3NSiTi. The molecule has 1 N–H and O–H groups in total. The van der Waals surface area contributed by atoms with E-state index in [0.29, 0.717) is 0 Å². The Bertz CT molecular complexity index is 253. The van der Waals surface area contributed by atoms with Gasteiger partial charge >= 0.3 is 67.4 Å². The van der Waals surface area contributed by atoms with Crippen LogP contribution < -0.4 is 24.8 Å². The van der Waals surface area contributed by atoms with E-state index in [2.05, 4.69) is 18.2 Å². The maximum absolute atomic E-state index is 6.94. The molecule has 0 spiro atoms. The molecular weight excluding hydrogens is 316 g/mol. The molecule has 0 fully saturated rings. The van der Waals surface area contributed by atoms with Crippen molar-refractivity contribution in [2.45, 2.75) is 37.5 Å². The predicted molar refractivity (Wildman–Crippen MR) is 65.1 cm³/mol. The Morgan fingerprint density at radius 2 is 1.88 bits per heavy atom. The topological polar surface area (TPSA) is 23.8 Å². The summed E-state index contributed by atoms with van der Waals surface area (Å²) in [5.41, 5.74) is 8.22. The van der Waals surface area contributed by atoms with E-state index in [-0.39, 0.29) is 30.4 Å². The number of hydrogen-bond acceptors (Lipinski definition) is 0. The first kappa shape index (κ1) is 22.4. The van der Waals surface area contributed by atoms with Crippen molar-refractivity contribution >= 4 is 16.9 Å². The summed E-state index contributed by atoms with van der Waals surface area (Å²) in [5, 5.41) is 0. The summed E-state index contributed by atoms with van der Waals surface area (Å²) < 4.78 is 1.22. The van der Waals surface area contributed by atoms with Crippen LogP contribution in [0, 0.1) is 0 Å². The van der Waals surface area contributed by atoms with Gasteiger partial charge in [-0.05, 0) is 0 Å². The Hall–Kier alpha value is 1.24. The van der Waals surface area contributed by atoms with Crippen LogP contribution in [0.3, 0.4) is 0 Å². The van der Waals surface area contributed by atoms with Crippen LogP contribution in [-0.4, -0.2) is 13.2 Å². The molecule has 0 aliphatic heterocycles. The predicted octanol–water partition coefficient (Wildman–Crippen LogP) is -2.54. The van der Waals surface area contributed by atoms with E-state index in [1.807, 2.05) is 28.4 Å². The summed E-state index contributed by atoms with van der Waals surface area (Å²) in [6.07, 6.45) is 7.66. The van der Waals surface area contributed by atoms with Gasteiger partial charge in [-0.15, -0.1) is 5.54 Å². The van der Waals surface area contributed by atoms with Crippen LogP contribution in [0.5, 0.6) is 0 Å². The quantitative estimate of drug-likeness (QED) is 0.497. The molecule has 0 bridgehead atoms. The molecule has 6 heteroatoms. The SMILES string of the molecule is CC(C)(C)[NH-].[Cl-].[Cl-].[SiH2]=[Ti+3]([Cl])[CH2]C1=CC=CC1.